The lowest BCUT2D eigenvalue weighted by atomic mass is 10.1. The molecule has 7 heteroatoms. The van der Waals surface area contributed by atoms with Gasteiger partial charge in [-0.2, -0.15) is 0 Å². The van der Waals surface area contributed by atoms with Gasteiger partial charge in [-0.25, -0.2) is 0 Å². The number of nitrogens with zero attached hydrogens (tertiary/aromatic N) is 1. The molecule has 1 rings (SSSR count). The van der Waals surface area contributed by atoms with E-state index in [9.17, 15) is 9.59 Å². The standard InChI is InChI=1S/C14H23N3O2S.ClH/c1-9(2)13(15)14(19)16-8-12(18)17(4)10(3)11-6-5-7-20-11;/h5-7,9-10,13H,8,15H2,1-4H3,(H,16,19);1H/t10?,13-;/m0./s1. The first-order valence-corrected chi connectivity index (χ1v) is 7.55. The fraction of sp³-hybridized carbons (Fsp3) is 0.571. The first kappa shape index (κ1) is 19.9. The molecule has 0 fully saturated rings. The van der Waals surface area contributed by atoms with Crippen molar-refractivity contribution >= 4 is 35.6 Å². The van der Waals surface area contributed by atoms with Crippen LogP contribution in [0.4, 0.5) is 0 Å². The van der Waals surface area contributed by atoms with Crippen LogP contribution in [0.15, 0.2) is 17.5 Å². The van der Waals surface area contributed by atoms with Crippen LogP contribution in [0.1, 0.15) is 31.7 Å². The minimum atomic E-state index is -0.581. The highest BCUT2D eigenvalue weighted by atomic mass is 35.5. The Bertz CT molecular complexity index is 451. The van der Waals surface area contributed by atoms with Gasteiger partial charge in [0.15, 0.2) is 0 Å². The summed E-state index contributed by atoms with van der Waals surface area (Å²) in [5, 5.41) is 4.57. The minimum absolute atomic E-state index is 0. The van der Waals surface area contributed by atoms with Gasteiger partial charge in [0.1, 0.15) is 0 Å². The molecular weight excluding hydrogens is 310 g/mol. The third kappa shape index (κ3) is 5.65. The van der Waals surface area contributed by atoms with Crippen molar-refractivity contribution in [3.05, 3.63) is 22.4 Å². The van der Waals surface area contributed by atoms with Crippen LogP contribution in [0.5, 0.6) is 0 Å². The van der Waals surface area contributed by atoms with E-state index in [0.717, 1.165) is 4.88 Å². The number of carbonyl (C=O) groups excluding carboxylic acids is 2. The summed E-state index contributed by atoms with van der Waals surface area (Å²) in [5.74, 6) is -0.367. The van der Waals surface area contributed by atoms with Crippen molar-refractivity contribution in [3.8, 4) is 0 Å². The highest BCUT2D eigenvalue weighted by Crippen LogP contribution is 2.23. The van der Waals surface area contributed by atoms with Gasteiger partial charge in [0, 0.05) is 11.9 Å². The van der Waals surface area contributed by atoms with Crippen LogP contribution in [0, 0.1) is 5.92 Å². The Balaban J connectivity index is 0.00000400. The van der Waals surface area contributed by atoms with Gasteiger partial charge < -0.3 is 16.0 Å². The number of hydrogen-bond acceptors (Lipinski definition) is 4. The van der Waals surface area contributed by atoms with Gasteiger partial charge in [-0.3, -0.25) is 9.59 Å². The van der Waals surface area contributed by atoms with Gasteiger partial charge in [-0.15, -0.1) is 23.7 Å². The van der Waals surface area contributed by atoms with Gasteiger partial charge in [-0.1, -0.05) is 19.9 Å². The third-order valence-corrected chi connectivity index (χ3v) is 4.41. The molecule has 0 aliphatic carbocycles. The van der Waals surface area contributed by atoms with Crippen LogP contribution in [0.25, 0.3) is 0 Å². The zero-order valence-electron chi connectivity index (χ0n) is 12.8. The number of nitrogens with one attached hydrogen (secondary N) is 1. The van der Waals surface area contributed by atoms with Crippen molar-refractivity contribution in [2.75, 3.05) is 13.6 Å². The molecule has 5 nitrogen and oxygen atoms in total. The average molecular weight is 334 g/mol. The van der Waals surface area contributed by atoms with Gasteiger partial charge in [0.2, 0.25) is 11.8 Å². The zero-order chi connectivity index (χ0) is 15.3. The Labute approximate surface area is 136 Å². The molecule has 2 atom stereocenters. The summed E-state index contributed by atoms with van der Waals surface area (Å²) in [6.45, 7) is 5.69. The van der Waals surface area contributed by atoms with Crippen molar-refractivity contribution in [1.82, 2.24) is 10.2 Å². The lowest BCUT2D eigenvalue weighted by Gasteiger charge is -2.24. The molecule has 0 spiro atoms. The minimum Gasteiger partial charge on any atom is -0.346 e. The van der Waals surface area contributed by atoms with E-state index >= 15 is 0 Å². The topological polar surface area (TPSA) is 75.4 Å². The van der Waals surface area contributed by atoms with Gasteiger partial charge >= 0.3 is 0 Å². The quantitative estimate of drug-likeness (QED) is 0.833. The van der Waals surface area contributed by atoms with E-state index in [1.807, 2.05) is 38.3 Å². The molecule has 0 aliphatic rings. The molecule has 0 radical (unpaired) electrons. The van der Waals surface area contributed by atoms with Gasteiger partial charge in [0.25, 0.3) is 0 Å². The van der Waals surface area contributed by atoms with Crippen molar-refractivity contribution < 1.29 is 9.59 Å². The average Bonchev–Trinajstić information content (AvgIpc) is 2.95. The second kappa shape index (κ2) is 9.02. The Kier molecular flexibility index (Phi) is 8.54. The number of likely N-dealkylation sites (N-methyl/N-ethyl adjacent to an activating group) is 1. The molecule has 2 amide bonds. The summed E-state index contributed by atoms with van der Waals surface area (Å²) >= 11 is 1.61. The van der Waals surface area contributed by atoms with E-state index in [0.29, 0.717) is 0 Å². The second-order valence-electron chi connectivity index (χ2n) is 5.18. The first-order chi connectivity index (χ1) is 9.34. The van der Waals surface area contributed by atoms with Crippen LogP contribution in [0.2, 0.25) is 0 Å². The molecule has 0 saturated carbocycles. The van der Waals surface area contributed by atoms with Crippen molar-refractivity contribution in [2.24, 2.45) is 11.7 Å². The Morgan fingerprint density at radius 1 is 1.38 bits per heavy atom. The second-order valence-corrected chi connectivity index (χ2v) is 6.16. The van der Waals surface area contributed by atoms with E-state index in [1.54, 1.807) is 23.3 Å². The molecule has 3 N–H and O–H groups in total. The summed E-state index contributed by atoms with van der Waals surface area (Å²) in [5.41, 5.74) is 5.72. The van der Waals surface area contributed by atoms with Gasteiger partial charge in [-0.05, 0) is 24.3 Å². The highest BCUT2D eigenvalue weighted by Gasteiger charge is 2.21. The smallest absolute Gasteiger partial charge is 0.242 e. The van der Waals surface area contributed by atoms with E-state index in [1.165, 1.54) is 0 Å². The summed E-state index contributed by atoms with van der Waals surface area (Å²) in [7, 11) is 1.74. The van der Waals surface area contributed by atoms with Crippen LogP contribution in [0.3, 0.4) is 0 Å². The number of hydrogen-bond donors (Lipinski definition) is 2. The van der Waals surface area contributed by atoms with E-state index in [4.69, 9.17) is 5.73 Å². The van der Waals surface area contributed by atoms with E-state index < -0.39 is 6.04 Å². The molecule has 1 unspecified atom stereocenters. The summed E-state index contributed by atoms with van der Waals surface area (Å²) in [4.78, 5) is 26.5. The zero-order valence-corrected chi connectivity index (χ0v) is 14.5. The molecule has 21 heavy (non-hydrogen) atoms. The lowest BCUT2D eigenvalue weighted by Crippen LogP contribution is -2.47. The van der Waals surface area contributed by atoms with Crippen LogP contribution in [-0.2, 0) is 9.59 Å². The predicted molar refractivity (Wildman–Crippen MR) is 88.6 cm³/mol. The molecular formula is C14H24ClN3O2S. The van der Waals surface area contributed by atoms with Crippen molar-refractivity contribution in [3.63, 3.8) is 0 Å². The maximum absolute atomic E-state index is 12.1. The summed E-state index contributed by atoms with van der Waals surface area (Å²) < 4.78 is 0. The van der Waals surface area contributed by atoms with Crippen LogP contribution >= 0.6 is 23.7 Å². The number of nitrogens with two attached hydrogens (primary N) is 1. The number of halogens is 1. The maximum Gasteiger partial charge on any atom is 0.242 e. The predicted octanol–water partition coefficient (Wildman–Crippen LogP) is 1.79. The molecule has 0 aliphatic heterocycles. The van der Waals surface area contributed by atoms with Crippen molar-refractivity contribution in [1.29, 1.82) is 0 Å². The molecule has 0 aromatic carbocycles. The fourth-order valence-corrected chi connectivity index (χ4v) is 2.47. The Hall–Kier alpha value is -1.11. The number of amides is 2. The fourth-order valence-electron chi connectivity index (χ4n) is 1.64. The highest BCUT2D eigenvalue weighted by molar-refractivity contribution is 7.10. The normalized spacial score (nSPS) is 13.2. The third-order valence-electron chi connectivity index (χ3n) is 3.36. The molecule has 1 aromatic rings. The van der Waals surface area contributed by atoms with Crippen molar-refractivity contribution in [2.45, 2.75) is 32.9 Å². The van der Waals surface area contributed by atoms with Crippen LogP contribution < -0.4 is 11.1 Å². The largest absolute Gasteiger partial charge is 0.346 e. The number of carbonyl (C=O) groups is 2. The molecule has 1 aromatic heterocycles. The molecule has 120 valence electrons. The summed E-state index contributed by atoms with van der Waals surface area (Å²) in [6, 6.07) is 3.37. The summed E-state index contributed by atoms with van der Waals surface area (Å²) in [6.07, 6.45) is 0. The number of rotatable bonds is 6. The molecule has 0 bridgehead atoms. The SMILES string of the molecule is CC(C)[C@H](N)C(=O)NCC(=O)N(C)C(C)c1cccs1.Cl. The lowest BCUT2D eigenvalue weighted by molar-refractivity contribution is -0.133. The van der Waals surface area contributed by atoms with Crippen LogP contribution in [-0.4, -0.2) is 36.3 Å². The number of thiophene rings is 1. The van der Waals surface area contributed by atoms with Gasteiger partial charge in [0.05, 0.1) is 18.6 Å². The van der Waals surface area contributed by atoms with E-state index in [-0.39, 0.29) is 42.7 Å². The molecule has 1 heterocycles. The van der Waals surface area contributed by atoms with E-state index in [2.05, 4.69) is 5.32 Å². The Morgan fingerprint density at radius 2 is 2.00 bits per heavy atom. The maximum atomic E-state index is 12.1. The molecule has 0 saturated heterocycles. The monoisotopic (exact) mass is 333 g/mol. The Morgan fingerprint density at radius 3 is 2.48 bits per heavy atom. The first-order valence-electron chi connectivity index (χ1n) is 6.67.